The Balaban J connectivity index is 2.67. The van der Waals surface area contributed by atoms with Gasteiger partial charge in [0.25, 0.3) is 0 Å². The van der Waals surface area contributed by atoms with E-state index in [2.05, 4.69) is 13.8 Å². The molecule has 0 bridgehead atoms. The molecule has 1 aliphatic carbocycles. The van der Waals surface area contributed by atoms with Crippen molar-refractivity contribution in [3.8, 4) is 0 Å². The number of allylic oxidation sites excluding steroid dienone is 2. The SMILES string of the molecule is CC1=C(c2c(C)sc(C)c2C(=O)O)[C@H](C)CCC1. The van der Waals surface area contributed by atoms with Crippen molar-refractivity contribution in [1.29, 1.82) is 0 Å². The van der Waals surface area contributed by atoms with Crippen LogP contribution in [0, 0.1) is 19.8 Å². The van der Waals surface area contributed by atoms with Crippen LogP contribution in [-0.2, 0) is 0 Å². The summed E-state index contributed by atoms with van der Waals surface area (Å²) in [6, 6.07) is 0. The number of aromatic carboxylic acids is 1. The number of carbonyl (C=O) groups is 1. The summed E-state index contributed by atoms with van der Waals surface area (Å²) >= 11 is 1.61. The smallest absolute Gasteiger partial charge is 0.337 e. The Morgan fingerprint density at radius 1 is 1.28 bits per heavy atom. The van der Waals surface area contributed by atoms with Gasteiger partial charge >= 0.3 is 5.97 Å². The van der Waals surface area contributed by atoms with Crippen molar-refractivity contribution in [2.24, 2.45) is 5.92 Å². The number of carboxylic acid groups (broad SMARTS) is 1. The van der Waals surface area contributed by atoms with Gasteiger partial charge in [-0.05, 0) is 51.5 Å². The van der Waals surface area contributed by atoms with E-state index in [0.29, 0.717) is 11.5 Å². The molecule has 0 saturated heterocycles. The zero-order chi connectivity index (χ0) is 13.4. The lowest BCUT2D eigenvalue weighted by Gasteiger charge is -2.25. The minimum absolute atomic E-state index is 0.476. The third-order valence-corrected chi connectivity index (χ3v) is 4.91. The van der Waals surface area contributed by atoms with Gasteiger partial charge in [-0.1, -0.05) is 12.5 Å². The van der Waals surface area contributed by atoms with Crippen molar-refractivity contribution in [2.75, 3.05) is 0 Å². The van der Waals surface area contributed by atoms with Gasteiger partial charge in [-0.15, -0.1) is 11.3 Å². The number of carboxylic acids is 1. The first kappa shape index (κ1) is 13.3. The van der Waals surface area contributed by atoms with E-state index in [1.165, 1.54) is 24.0 Å². The molecule has 1 heterocycles. The third kappa shape index (κ3) is 2.12. The van der Waals surface area contributed by atoms with Gasteiger partial charge in [0.1, 0.15) is 0 Å². The number of thiophene rings is 1. The molecule has 1 aromatic rings. The molecule has 0 unspecified atom stereocenters. The van der Waals surface area contributed by atoms with E-state index >= 15 is 0 Å². The van der Waals surface area contributed by atoms with Crippen LogP contribution in [-0.4, -0.2) is 11.1 Å². The molecule has 0 amide bonds. The minimum atomic E-state index is -0.787. The first-order chi connectivity index (χ1) is 8.43. The summed E-state index contributed by atoms with van der Waals surface area (Å²) in [7, 11) is 0. The van der Waals surface area contributed by atoms with Gasteiger partial charge in [0.2, 0.25) is 0 Å². The minimum Gasteiger partial charge on any atom is -0.478 e. The lowest BCUT2D eigenvalue weighted by Crippen LogP contribution is -2.11. The lowest BCUT2D eigenvalue weighted by atomic mass is 9.79. The van der Waals surface area contributed by atoms with Crippen LogP contribution < -0.4 is 0 Å². The van der Waals surface area contributed by atoms with Crippen LogP contribution in [0.3, 0.4) is 0 Å². The van der Waals surface area contributed by atoms with Gasteiger partial charge < -0.3 is 5.11 Å². The van der Waals surface area contributed by atoms with E-state index in [1.54, 1.807) is 11.3 Å². The van der Waals surface area contributed by atoms with Gasteiger partial charge in [0.15, 0.2) is 0 Å². The van der Waals surface area contributed by atoms with E-state index in [4.69, 9.17) is 0 Å². The van der Waals surface area contributed by atoms with Crippen LogP contribution in [0.2, 0.25) is 0 Å². The fourth-order valence-electron chi connectivity index (χ4n) is 3.10. The zero-order valence-electron chi connectivity index (χ0n) is 11.5. The highest BCUT2D eigenvalue weighted by molar-refractivity contribution is 7.12. The maximum absolute atomic E-state index is 11.5. The van der Waals surface area contributed by atoms with Crippen LogP contribution in [0.15, 0.2) is 5.57 Å². The van der Waals surface area contributed by atoms with Crippen molar-refractivity contribution in [3.63, 3.8) is 0 Å². The standard InChI is InChI=1S/C15H20O2S/c1-8-6-5-7-9(2)12(8)13-10(3)18-11(4)14(13)15(16)17/h8H,5-7H2,1-4H3,(H,16,17)/t8-/m1/s1. The molecule has 0 spiro atoms. The zero-order valence-corrected chi connectivity index (χ0v) is 12.3. The van der Waals surface area contributed by atoms with E-state index in [9.17, 15) is 9.90 Å². The molecule has 2 nitrogen and oxygen atoms in total. The topological polar surface area (TPSA) is 37.3 Å². The molecule has 3 heteroatoms. The molecule has 0 aliphatic heterocycles. The molecule has 0 fully saturated rings. The summed E-state index contributed by atoms with van der Waals surface area (Å²) in [6.45, 7) is 8.33. The predicted octanol–water partition coefficient (Wildman–Crippen LogP) is 4.66. The molecule has 1 aliphatic rings. The van der Waals surface area contributed by atoms with Crippen LogP contribution in [0.5, 0.6) is 0 Å². The maximum Gasteiger partial charge on any atom is 0.337 e. The second kappa shape index (κ2) is 4.88. The van der Waals surface area contributed by atoms with Crippen LogP contribution >= 0.6 is 11.3 Å². The summed E-state index contributed by atoms with van der Waals surface area (Å²) < 4.78 is 0. The van der Waals surface area contributed by atoms with Gasteiger partial charge in [-0.3, -0.25) is 0 Å². The molecule has 0 radical (unpaired) electrons. The number of hydrogen-bond donors (Lipinski definition) is 1. The molecule has 1 atom stereocenters. The van der Waals surface area contributed by atoms with E-state index in [0.717, 1.165) is 21.7 Å². The van der Waals surface area contributed by atoms with Crippen LogP contribution in [0.25, 0.3) is 5.57 Å². The summed E-state index contributed by atoms with van der Waals surface area (Å²) in [5, 5.41) is 9.45. The second-order valence-electron chi connectivity index (χ2n) is 5.26. The molecule has 1 aromatic heterocycles. The fraction of sp³-hybridized carbons (Fsp3) is 0.533. The highest BCUT2D eigenvalue weighted by atomic mass is 32.1. The lowest BCUT2D eigenvalue weighted by molar-refractivity contribution is 0.0696. The molecule has 0 saturated carbocycles. The van der Waals surface area contributed by atoms with Crippen LogP contribution in [0.4, 0.5) is 0 Å². The Kier molecular flexibility index (Phi) is 3.62. The van der Waals surface area contributed by atoms with Crippen molar-refractivity contribution in [1.82, 2.24) is 0 Å². The van der Waals surface area contributed by atoms with Gasteiger partial charge in [-0.25, -0.2) is 4.79 Å². The monoisotopic (exact) mass is 264 g/mol. The summed E-state index contributed by atoms with van der Waals surface area (Å²) in [4.78, 5) is 13.6. The van der Waals surface area contributed by atoms with Gasteiger partial charge in [0, 0.05) is 15.3 Å². The first-order valence-corrected chi connectivity index (χ1v) is 7.28. The first-order valence-electron chi connectivity index (χ1n) is 6.46. The highest BCUT2D eigenvalue weighted by Crippen LogP contribution is 2.42. The Morgan fingerprint density at radius 2 is 1.94 bits per heavy atom. The van der Waals surface area contributed by atoms with Crippen LogP contribution in [0.1, 0.15) is 58.8 Å². The van der Waals surface area contributed by atoms with E-state index in [1.807, 2.05) is 13.8 Å². The maximum atomic E-state index is 11.5. The summed E-state index contributed by atoms with van der Waals surface area (Å²) in [5.74, 6) is -0.311. The normalized spacial score (nSPS) is 20.3. The predicted molar refractivity (Wildman–Crippen MR) is 76.4 cm³/mol. The average Bonchev–Trinajstić information content (AvgIpc) is 2.54. The molecule has 18 heavy (non-hydrogen) atoms. The Bertz CT molecular complexity index is 523. The molecule has 0 aromatic carbocycles. The number of rotatable bonds is 2. The third-order valence-electron chi connectivity index (χ3n) is 3.89. The summed E-state index contributed by atoms with van der Waals surface area (Å²) in [6.07, 6.45) is 3.49. The largest absolute Gasteiger partial charge is 0.478 e. The second-order valence-corrected chi connectivity index (χ2v) is 6.69. The number of aryl methyl sites for hydroxylation is 2. The van der Waals surface area contributed by atoms with E-state index < -0.39 is 5.97 Å². The molecule has 98 valence electrons. The molecule has 1 N–H and O–H groups in total. The van der Waals surface area contributed by atoms with Gasteiger partial charge in [0.05, 0.1) is 5.56 Å². The van der Waals surface area contributed by atoms with E-state index in [-0.39, 0.29) is 0 Å². The number of hydrogen-bond acceptors (Lipinski definition) is 2. The molecular weight excluding hydrogens is 244 g/mol. The Morgan fingerprint density at radius 3 is 2.50 bits per heavy atom. The van der Waals surface area contributed by atoms with Crippen molar-refractivity contribution in [2.45, 2.75) is 47.0 Å². The van der Waals surface area contributed by atoms with Crippen molar-refractivity contribution in [3.05, 3.63) is 26.5 Å². The quantitative estimate of drug-likeness (QED) is 0.843. The van der Waals surface area contributed by atoms with Crippen molar-refractivity contribution >= 4 is 22.9 Å². The molecule has 2 rings (SSSR count). The van der Waals surface area contributed by atoms with Gasteiger partial charge in [-0.2, -0.15) is 0 Å². The van der Waals surface area contributed by atoms with Crippen molar-refractivity contribution < 1.29 is 9.90 Å². The summed E-state index contributed by atoms with van der Waals surface area (Å²) in [5.41, 5.74) is 4.20. The Hall–Kier alpha value is -1.09. The average molecular weight is 264 g/mol. The highest BCUT2D eigenvalue weighted by Gasteiger charge is 2.27. The molecular formula is C15H20O2S. The Labute approximate surface area is 112 Å². The fourth-order valence-corrected chi connectivity index (χ4v) is 4.16.